The van der Waals surface area contributed by atoms with Crippen LogP contribution in [0.25, 0.3) is 21.9 Å². The average molecular weight is 601 g/mol. The number of ketones is 1. The van der Waals surface area contributed by atoms with Crippen LogP contribution < -0.4 is 9.47 Å². The fourth-order valence-corrected chi connectivity index (χ4v) is 4.52. The first-order chi connectivity index (χ1) is 19.6. The number of aliphatic carboxylic acids is 1. The van der Waals surface area contributed by atoms with Crippen LogP contribution in [0, 0.1) is 0 Å². The number of alkyl halides is 6. The summed E-state index contributed by atoms with van der Waals surface area (Å²) in [5.41, 5.74) is -3.06. The number of halogens is 6. The molecule has 226 valence electrons. The summed E-state index contributed by atoms with van der Waals surface area (Å²) in [6.45, 7) is 4.38. The van der Waals surface area contributed by atoms with Crippen LogP contribution in [0.5, 0.6) is 11.5 Å². The van der Waals surface area contributed by atoms with Crippen LogP contribution in [0.2, 0.25) is 0 Å². The molecular formula is C28H26F6N2O6. The van der Waals surface area contributed by atoms with Gasteiger partial charge in [0.2, 0.25) is 0 Å². The molecule has 0 radical (unpaired) electrons. The molecule has 0 fully saturated rings. The van der Waals surface area contributed by atoms with Gasteiger partial charge in [-0.05, 0) is 51.0 Å². The van der Waals surface area contributed by atoms with Crippen LogP contribution >= 0.6 is 0 Å². The first-order valence-electron chi connectivity index (χ1n) is 12.8. The second kappa shape index (κ2) is 11.2. The molecule has 0 saturated heterocycles. The summed E-state index contributed by atoms with van der Waals surface area (Å²) >= 11 is 0. The minimum Gasteiger partial charge on any atom is -0.493 e. The number of Topliss-reactive ketones (excluding diaryl/α,β-unsaturated/α-hetero) is 1. The number of aryl methyl sites for hydroxylation is 2. The highest BCUT2D eigenvalue weighted by atomic mass is 19.4. The second-order valence-corrected chi connectivity index (χ2v) is 10.0. The van der Waals surface area contributed by atoms with E-state index in [1.165, 1.54) is 48.7 Å². The third-order valence-electron chi connectivity index (χ3n) is 6.52. The van der Waals surface area contributed by atoms with Gasteiger partial charge >= 0.3 is 18.3 Å². The molecule has 0 amide bonds. The highest BCUT2D eigenvalue weighted by Crippen LogP contribution is 2.39. The van der Waals surface area contributed by atoms with Crippen LogP contribution in [0.3, 0.4) is 0 Å². The first-order valence-corrected chi connectivity index (χ1v) is 12.8. The Kier molecular flexibility index (Phi) is 8.20. The van der Waals surface area contributed by atoms with E-state index in [4.69, 9.17) is 14.0 Å². The summed E-state index contributed by atoms with van der Waals surface area (Å²) in [5.74, 6) is -3.40. The molecule has 2 heterocycles. The van der Waals surface area contributed by atoms with Crippen molar-refractivity contribution in [2.45, 2.75) is 64.5 Å². The smallest absolute Gasteiger partial charge is 0.454 e. The lowest BCUT2D eigenvalue weighted by Gasteiger charge is -2.22. The van der Waals surface area contributed by atoms with Gasteiger partial charge in [0.25, 0.3) is 5.78 Å². The zero-order valence-corrected chi connectivity index (χ0v) is 22.7. The molecule has 4 aromatic rings. The number of rotatable bonds is 11. The number of ether oxygens (including phenoxy) is 2. The molecule has 14 heteroatoms. The Morgan fingerprint density at radius 1 is 1.05 bits per heavy atom. The van der Waals surface area contributed by atoms with Gasteiger partial charge in [0.1, 0.15) is 11.5 Å². The summed E-state index contributed by atoms with van der Waals surface area (Å²) < 4.78 is 98.0. The maximum atomic E-state index is 13.5. The van der Waals surface area contributed by atoms with E-state index in [0.717, 1.165) is 6.20 Å². The molecule has 0 aliphatic carbocycles. The van der Waals surface area contributed by atoms with Crippen LogP contribution in [0.15, 0.2) is 41.1 Å². The van der Waals surface area contributed by atoms with Crippen molar-refractivity contribution in [3.8, 4) is 11.5 Å². The molecule has 0 unspecified atom stereocenters. The Morgan fingerprint density at radius 2 is 1.76 bits per heavy atom. The number of carboxylic acids is 1. The van der Waals surface area contributed by atoms with Crippen LogP contribution in [-0.2, 0) is 23.9 Å². The first kappa shape index (κ1) is 30.7. The highest BCUT2D eigenvalue weighted by Gasteiger charge is 2.42. The lowest BCUT2D eigenvalue weighted by Crippen LogP contribution is -2.38. The standard InChI is InChI=1S/C28H26F6N2O6/c1-4-7-15-19(11-10-16-22(15)42-35-23(16)27(29,30)31)40-13-6-12-36-14-17(24(37)28(32,33)34)21-18(36)8-5-9-20(21)41-26(2,3)25(38)39/h5,8-11,14H,4,6-7,12-13H2,1-3H3,(H,38,39). The summed E-state index contributed by atoms with van der Waals surface area (Å²) in [6.07, 6.45) is -7.71. The van der Waals surface area contributed by atoms with Gasteiger partial charge in [-0.2, -0.15) is 26.3 Å². The topological polar surface area (TPSA) is 104 Å². The molecule has 8 nitrogen and oxygen atoms in total. The minimum atomic E-state index is -5.20. The zero-order chi connectivity index (χ0) is 31.0. The predicted molar refractivity (Wildman–Crippen MR) is 138 cm³/mol. The number of carbonyl (C=O) groups excluding carboxylic acids is 1. The fourth-order valence-electron chi connectivity index (χ4n) is 4.52. The molecule has 0 aliphatic rings. The number of benzene rings is 2. The number of hydrogen-bond donors (Lipinski definition) is 1. The Balaban J connectivity index is 1.61. The summed E-state index contributed by atoms with van der Waals surface area (Å²) in [5, 5.41) is 12.2. The van der Waals surface area contributed by atoms with Crippen molar-refractivity contribution in [3.05, 3.63) is 53.3 Å². The quantitative estimate of drug-likeness (QED) is 0.110. The molecule has 0 spiro atoms. The van der Waals surface area contributed by atoms with Crippen molar-refractivity contribution in [2.24, 2.45) is 0 Å². The molecule has 1 N–H and O–H groups in total. The molecule has 42 heavy (non-hydrogen) atoms. The zero-order valence-electron chi connectivity index (χ0n) is 22.7. The number of nitrogens with zero attached hydrogens (tertiary/aromatic N) is 2. The monoisotopic (exact) mass is 600 g/mol. The highest BCUT2D eigenvalue weighted by molar-refractivity contribution is 6.12. The van der Waals surface area contributed by atoms with Gasteiger partial charge in [-0.25, -0.2) is 4.79 Å². The molecule has 0 saturated carbocycles. The SMILES string of the molecule is CCCc1c(OCCCn2cc(C(=O)C(F)(F)F)c3c(OC(C)(C)C(=O)O)cccc32)ccc2c(C(F)(F)F)noc12. The number of fused-ring (bicyclic) bond motifs is 2. The van der Waals surface area contributed by atoms with E-state index in [-0.39, 0.29) is 52.9 Å². The van der Waals surface area contributed by atoms with Crippen molar-refractivity contribution in [1.29, 1.82) is 0 Å². The van der Waals surface area contributed by atoms with Crippen LogP contribution in [0.4, 0.5) is 26.3 Å². The molecule has 2 aromatic carbocycles. The Morgan fingerprint density at radius 3 is 2.38 bits per heavy atom. The van der Waals surface area contributed by atoms with Crippen LogP contribution in [-0.4, -0.2) is 45.0 Å². The van der Waals surface area contributed by atoms with Crippen LogP contribution in [0.1, 0.15) is 55.2 Å². The van der Waals surface area contributed by atoms with Gasteiger partial charge in [0.05, 0.1) is 28.5 Å². The van der Waals surface area contributed by atoms with E-state index in [2.05, 4.69) is 5.16 Å². The molecule has 2 aromatic heterocycles. The third-order valence-corrected chi connectivity index (χ3v) is 6.52. The largest absolute Gasteiger partial charge is 0.493 e. The van der Waals surface area contributed by atoms with Gasteiger partial charge in [0, 0.05) is 18.3 Å². The number of carboxylic acid groups (broad SMARTS) is 1. The number of carbonyl (C=O) groups is 2. The predicted octanol–water partition coefficient (Wildman–Crippen LogP) is 7.21. The van der Waals surface area contributed by atoms with E-state index in [0.29, 0.717) is 18.4 Å². The average Bonchev–Trinajstić information content (AvgIpc) is 3.49. The van der Waals surface area contributed by atoms with Gasteiger partial charge < -0.3 is 23.7 Å². The van der Waals surface area contributed by atoms with Crippen molar-refractivity contribution >= 4 is 33.6 Å². The van der Waals surface area contributed by atoms with Gasteiger partial charge in [-0.1, -0.05) is 24.6 Å². The molecule has 0 aliphatic heterocycles. The van der Waals surface area contributed by atoms with E-state index >= 15 is 0 Å². The maximum absolute atomic E-state index is 13.5. The van der Waals surface area contributed by atoms with E-state index < -0.39 is 41.0 Å². The third kappa shape index (κ3) is 6.02. The molecule has 4 rings (SSSR count). The minimum absolute atomic E-state index is 0.0208. The van der Waals surface area contributed by atoms with Crippen molar-refractivity contribution < 1.29 is 55.0 Å². The van der Waals surface area contributed by atoms with E-state index in [1.54, 1.807) is 0 Å². The van der Waals surface area contributed by atoms with Gasteiger partial charge in [0.15, 0.2) is 16.9 Å². The van der Waals surface area contributed by atoms with E-state index in [9.17, 15) is 41.0 Å². The molecule has 0 bridgehead atoms. The lowest BCUT2D eigenvalue weighted by atomic mass is 10.0. The second-order valence-electron chi connectivity index (χ2n) is 10.0. The Bertz CT molecular complexity index is 1630. The lowest BCUT2D eigenvalue weighted by molar-refractivity contribution is -0.152. The maximum Gasteiger partial charge on any atom is 0.454 e. The van der Waals surface area contributed by atoms with Crippen molar-refractivity contribution in [1.82, 2.24) is 9.72 Å². The Hall–Kier alpha value is -4.23. The Labute approximate surface area is 234 Å². The van der Waals surface area contributed by atoms with Gasteiger partial charge in [-0.15, -0.1) is 0 Å². The van der Waals surface area contributed by atoms with Crippen molar-refractivity contribution in [2.75, 3.05) is 6.61 Å². The summed E-state index contributed by atoms with van der Waals surface area (Å²) in [6, 6.07) is 6.81. The summed E-state index contributed by atoms with van der Waals surface area (Å²) in [4.78, 5) is 23.9. The van der Waals surface area contributed by atoms with Crippen molar-refractivity contribution in [3.63, 3.8) is 0 Å². The molecular weight excluding hydrogens is 574 g/mol. The van der Waals surface area contributed by atoms with E-state index in [1.807, 2.05) is 6.92 Å². The fraction of sp³-hybridized carbons (Fsp3) is 0.393. The number of hydrogen-bond acceptors (Lipinski definition) is 6. The normalized spacial score (nSPS) is 12.7. The number of aromatic nitrogens is 2. The molecule has 0 atom stereocenters. The summed E-state index contributed by atoms with van der Waals surface area (Å²) in [7, 11) is 0. The van der Waals surface area contributed by atoms with Gasteiger partial charge in [-0.3, -0.25) is 4.79 Å².